The lowest BCUT2D eigenvalue weighted by atomic mass is 9.92. The number of carbonyl (C=O) groups excluding carboxylic acids is 3. The van der Waals surface area contributed by atoms with Crippen LogP contribution in [0.1, 0.15) is 39.2 Å². The summed E-state index contributed by atoms with van der Waals surface area (Å²) < 4.78 is 5.11. The second kappa shape index (κ2) is 7.55. The van der Waals surface area contributed by atoms with Crippen LogP contribution in [0.5, 0.6) is 5.75 Å². The number of amides is 4. The predicted octanol–water partition coefficient (Wildman–Crippen LogP) is 1.77. The van der Waals surface area contributed by atoms with E-state index in [2.05, 4.69) is 10.6 Å². The Bertz CT molecular complexity index is 655. The van der Waals surface area contributed by atoms with Gasteiger partial charge in [-0.3, -0.25) is 14.5 Å². The molecule has 1 aliphatic rings. The van der Waals surface area contributed by atoms with Gasteiger partial charge in [-0.15, -0.1) is 0 Å². The molecule has 0 bridgehead atoms. The van der Waals surface area contributed by atoms with Crippen LogP contribution in [0.25, 0.3) is 0 Å². The Morgan fingerprint density at radius 1 is 1.24 bits per heavy atom. The van der Waals surface area contributed by atoms with Crippen LogP contribution < -0.4 is 15.4 Å². The molecule has 0 aliphatic carbocycles. The standard InChI is InChI=1S/C18H25N3O4/c1-5-13(6-2)19-15(22)11-21-16(23)18(3,20-17(21)24)12-7-9-14(25-4)10-8-12/h7-10,13H,5-6,11H2,1-4H3,(H,19,22)(H,20,24)/t18-/m1/s1. The lowest BCUT2D eigenvalue weighted by Crippen LogP contribution is -2.45. The Hall–Kier alpha value is -2.57. The van der Waals surface area contributed by atoms with Crippen LogP contribution in [0.15, 0.2) is 24.3 Å². The van der Waals surface area contributed by atoms with Crippen molar-refractivity contribution in [3.8, 4) is 5.75 Å². The van der Waals surface area contributed by atoms with Crippen molar-refractivity contribution in [1.29, 1.82) is 0 Å². The number of carbonyl (C=O) groups is 3. The molecule has 136 valence electrons. The van der Waals surface area contributed by atoms with Gasteiger partial charge in [0.05, 0.1) is 7.11 Å². The van der Waals surface area contributed by atoms with Crippen molar-refractivity contribution in [2.45, 2.75) is 45.2 Å². The fourth-order valence-corrected chi connectivity index (χ4v) is 2.87. The van der Waals surface area contributed by atoms with Crippen LogP contribution in [-0.4, -0.2) is 42.4 Å². The fourth-order valence-electron chi connectivity index (χ4n) is 2.87. The molecule has 1 aromatic rings. The van der Waals surface area contributed by atoms with Gasteiger partial charge in [0.2, 0.25) is 5.91 Å². The van der Waals surface area contributed by atoms with Crippen LogP contribution >= 0.6 is 0 Å². The van der Waals surface area contributed by atoms with E-state index in [1.807, 2.05) is 13.8 Å². The van der Waals surface area contributed by atoms with E-state index >= 15 is 0 Å². The van der Waals surface area contributed by atoms with Gasteiger partial charge in [-0.1, -0.05) is 26.0 Å². The van der Waals surface area contributed by atoms with E-state index < -0.39 is 17.5 Å². The molecule has 7 heteroatoms. The van der Waals surface area contributed by atoms with E-state index in [9.17, 15) is 14.4 Å². The minimum absolute atomic E-state index is 0.0428. The molecule has 4 amide bonds. The molecule has 1 heterocycles. The van der Waals surface area contributed by atoms with Gasteiger partial charge in [-0.25, -0.2) is 4.79 Å². The molecule has 0 saturated carbocycles. The first-order chi connectivity index (χ1) is 11.8. The largest absolute Gasteiger partial charge is 0.497 e. The molecular formula is C18H25N3O4. The molecule has 1 aliphatic heterocycles. The van der Waals surface area contributed by atoms with Crippen molar-refractivity contribution in [1.82, 2.24) is 15.5 Å². The summed E-state index contributed by atoms with van der Waals surface area (Å²) in [6.07, 6.45) is 1.60. The van der Waals surface area contributed by atoms with E-state index in [1.165, 1.54) is 0 Å². The summed E-state index contributed by atoms with van der Waals surface area (Å²) in [6, 6.07) is 6.38. The molecule has 0 aromatic heterocycles. The van der Waals surface area contributed by atoms with Gasteiger partial charge in [0, 0.05) is 6.04 Å². The van der Waals surface area contributed by atoms with Crippen molar-refractivity contribution in [2.24, 2.45) is 0 Å². The number of hydrogen-bond donors (Lipinski definition) is 2. The molecule has 25 heavy (non-hydrogen) atoms. The van der Waals surface area contributed by atoms with Crippen molar-refractivity contribution in [2.75, 3.05) is 13.7 Å². The molecule has 7 nitrogen and oxygen atoms in total. The molecule has 1 atom stereocenters. The van der Waals surface area contributed by atoms with Crippen molar-refractivity contribution in [3.63, 3.8) is 0 Å². The van der Waals surface area contributed by atoms with E-state index in [0.29, 0.717) is 11.3 Å². The summed E-state index contributed by atoms with van der Waals surface area (Å²) in [5.74, 6) is -0.121. The quantitative estimate of drug-likeness (QED) is 0.736. The first-order valence-corrected chi connectivity index (χ1v) is 8.43. The summed E-state index contributed by atoms with van der Waals surface area (Å²) in [5.41, 5.74) is -0.562. The van der Waals surface area contributed by atoms with Crippen LogP contribution in [0.3, 0.4) is 0 Å². The van der Waals surface area contributed by atoms with Crippen molar-refractivity contribution < 1.29 is 19.1 Å². The summed E-state index contributed by atoms with van der Waals surface area (Å²) in [5, 5.41) is 5.52. The van der Waals surface area contributed by atoms with E-state index in [4.69, 9.17) is 4.74 Å². The SMILES string of the molecule is CCC(CC)NC(=O)CN1C(=O)N[C@](C)(c2ccc(OC)cc2)C1=O. The first kappa shape index (κ1) is 18.8. The maximum absolute atomic E-state index is 12.8. The maximum atomic E-state index is 12.8. The molecule has 1 fully saturated rings. The zero-order valence-corrected chi connectivity index (χ0v) is 15.1. The lowest BCUT2D eigenvalue weighted by molar-refractivity contribution is -0.135. The van der Waals surface area contributed by atoms with Crippen LogP contribution in [0.4, 0.5) is 4.79 Å². The van der Waals surface area contributed by atoms with Gasteiger partial charge in [-0.05, 0) is 37.5 Å². The second-order valence-electron chi connectivity index (χ2n) is 6.26. The smallest absolute Gasteiger partial charge is 0.325 e. The normalized spacial score (nSPS) is 20.0. The Kier molecular flexibility index (Phi) is 5.66. The highest BCUT2D eigenvalue weighted by Gasteiger charge is 2.49. The third-order valence-electron chi connectivity index (χ3n) is 4.59. The van der Waals surface area contributed by atoms with Gasteiger partial charge in [-0.2, -0.15) is 0 Å². The fraction of sp³-hybridized carbons (Fsp3) is 0.500. The molecule has 2 N–H and O–H groups in total. The second-order valence-corrected chi connectivity index (χ2v) is 6.26. The van der Waals surface area contributed by atoms with E-state index in [1.54, 1.807) is 38.3 Å². The average Bonchev–Trinajstić information content (AvgIpc) is 2.83. The molecular weight excluding hydrogens is 322 g/mol. The van der Waals surface area contributed by atoms with Gasteiger partial charge in [0.1, 0.15) is 17.8 Å². The summed E-state index contributed by atoms with van der Waals surface area (Å²) in [4.78, 5) is 38.1. The van der Waals surface area contributed by atoms with Gasteiger partial charge in [0.25, 0.3) is 5.91 Å². The Morgan fingerprint density at radius 2 is 1.84 bits per heavy atom. The van der Waals surface area contributed by atoms with E-state index in [-0.39, 0.29) is 18.5 Å². The molecule has 2 rings (SSSR count). The Labute approximate surface area is 147 Å². The number of nitrogens with one attached hydrogen (secondary N) is 2. The molecule has 0 unspecified atom stereocenters. The molecule has 1 aromatic carbocycles. The minimum Gasteiger partial charge on any atom is -0.497 e. The molecule has 0 spiro atoms. The van der Waals surface area contributed by atoms with E-state index in [0.717, 1.165) is 17.7 Å². The van der Waals surface area contributed by atoms with Crippen LogP contribution in [-0.2, 0) is 15.1 Å². The van der Waals surface area contributed by atoms with Crippen LogP contribution in [0.2, 0.25) is 0 Å². The zero-order valence-electron chi connectivity index (χ0n) is 15.1. The van der Waals surface area contributed by atoms with Gasteiger partial charge in [0.15, 0.2) is 0 Å². The number of nitrogens with zero attached hydrogens (tertiary/aromatic N) is 1. The summed E-state index contributed by atoms with van der Waals surface area (Å²) in [6.45, 7) is 5.30. The van der Waals surface area contributed by atoms with Crippen LogP contribution in [0, 0.1) is 0 Å². The highest BCUT2D eigenvalue weighted by molar-refractivity contribution is 6.09. The maximum Gasteiger partial charge on any atom is 0.325 e. The number of rotatable bonds is 7. The lowest BCUT2D eigenvalue weighted by Gasteiger charge is -2.22. The topological polar surface area (TPSA) is 87.7 Å². The third-order valence-corrected chi connectivity index (χ3v) is 4.59. The van der Waals surface area contributed by atoms with Gasteiger partial charge >= 0.3 is 6.03 Å². The minimum atomic E-state index is -1.20. The third kappa shape index (κ3) is 3.75. The number of ether oxygens (including phenoxy) is 1. The molecule has 1 saturated heterocycles. The number of urea groups is 1. The monoisotopic (exact) mass is 347 g/mol. The Morgan fingerprint density at radius 3 is 2.36 bits per heavy atom. The van der Waals surface area contributed by atoms with Gasteiger partial charge < -0.3 is 15.4 Å². The number of hydrogen-bond acceptors (Lipinski definition) is 4. The number of benzene rings is 1. The highest BCUT2D eigenvalue weighted by atomic mass is 16.5. The number of imide groups is 1. The summed E-state index contributed by atoms with van der Waals surface area (Å²) in [7, 11) is 1.55. The molecule has 0 radical (unpaired) electrons. The first-order valence-electron chi connectivity index (χ1n) is 8.43. The predicted molar refractivity (Wildman–Crippen MR) is 93.1 cm³/mol. The summed E-state index contributed by atoms with van der Waals surface area (Å²) >= 11 is 0. The number of methoxy groups -OCH3 is 1. The highest BCUT2D eigenvalue weighted by Crippen LogP contribution is 2.29. The Balaban J connectivity index is 2.14. The zero-order chi connectivity index (χ0) is 18.6. The van der Waals surface area contributed by atoms with Crippen molar-refractivity contribution >= 4 is 17.8 Å². The van der Waals surface area contributed by atoms with Crippen molar-refractivity contribution in [3.05, 3.63) is 29.8 Å². The average molecular weight is 347 g/mol.